The van der Waals surface area contributed by atoms with Crippen LogP contribution < -0.4 is 0 Å². The van der Waals surface area contributed by atoms with E-state index in [9.17, 15) is 19.0 Å². The van der Waals surface area contributed by atoms with Gasteiger partial charge >= 0.3 is 11.9 Å². The highest BCUT2D eigenvalue weighted by atomic mass is 31.2. The van der Waals surface area contributed by atoms with Crippen molar-refractivity contribution in [2.75, 3.05) is 58.6 Å². The molecule has 0 bridgehead atoms. The summed E-state index contributed by atoms with van der Waals surface area (Å²) < 4.78 is 12.6. The number of nitrogens with zero attached hydrogens (tertiary/aromatic N) is 3. The maximum Gasteiger partial charge on any atom is 0.317 e. The van der Waals surface area contributed by atoms with Crippen molar-refractivity contribution in [3.05, 3.63) is 0 Å². The quantitative estimate of drug-likeness (QED) is 0.554. The van der Waals surface area contributed by atoms with Crippen molar-refractivity contribution in [2.24, 2.45) is 0 Å². The van der Waals surface area contributed by atoms with Gasteiger partial charge in [-0.25, -0.2) is 0 Å². The summed E-state index contributed by atoms with van der Waals surface area (Å²) in [5.41, 5.74) is 0. The van der Waals surface area contributed by atoms with Crippen LogP contribution in [0.15, 0.2) is 0 Å². The zero-order chi connectivity index (χ0) is 20.0. The van der Waals surface area contributed by atoms with E-state index in [4.69, 9.17) is 10.2 Å². The Kier molecular flexibility index (Phi) is 8.69. The Balaban J connectivity index is 2.84. The molecule has 1 saturated heterocycles. The molecule has 0 aliphatic carbocycles. The van der Waals surface area contributed by atoms with Crippen molar-refractivity contribution in [2.45, 2.75) is 32.3 Å². The molecule has 0 spiro atoms. The molecular weight excluding hydrogens is 361 g/mol. The molecule has 0 radical (unpaired) electrons. The number of hydrogen-bond acceptors (Lipinski definition) is 6. The zero-order valence-corrected chi connectivity index (χ0v) is 16.8. The van der Waals surface area contributed by atoms with Crippen molar-refractivity contribution >= 4 is 19.3 Å². The minimum atomic E-state index is -3.41. The third kappa shape index (κ3) is 8.14. The second-order valence-electron chi connectivity index (χ2n) is 7.83. The molecule has 1 aliphatic heterocycles. The summed E-state index contributed by atoms with van der Waals surface area (Å²) >= 11 is 0. The molecule has 1 unspecified atom stereocenters. The van der Waals surface area contributed by atoms with Crippen molar-refractivity contribution in [1.29, 1.82) is 0 Å². The first kappa shape index (κ1) is 23.0. The molecule has 10 heteroatoms. The summed E-state index contributed by atoms with van der Waals surface area (Å²) in [6, 6.07) is 0. The van der Waals surface area contributed by atoms with Gasteiger partial charge in [-0.2, -0.15) is 0 Å². The fourth-order valence-corrected chi connectivity index (χ4v) is 3.99. The van der Waals surface area contributed by atoms with Crippen LogP contribution >= 0.6 is 7.37 Å². The summed E-state index contributed by atoms with van der Waals surface area (Å²) in [6.45, 7) is 7.99. The van der Waals surface area contributed by atoms with Crippen LogP contribution in [0.2, 0.25) is 0 Å². The van der Waals surface area contributed by atoms with Crippen LogP contribution in [0.1, 0.15) is 27.2 Å². The van der Waals surface area contributed by atoms with E-state index in [-0.39, 0.29) is 19.4 Å². The molecule has 26 heavy (non-hydrogen) atoms. The fourth-order valence-electron chi connectivity index (χ4n) is 2.74. The highest BCUT2D eigenvalue weighted by Gasteiger charge is 2.36. The van der Waals surface area contributed by atoms with E-state index in [2.05, 4.69) is 0 Å². The molecule has 3 N–H and O–H groups in total. The fraction of sp³-hybridized carbons (Fsp3) is 0.875. The molecule has 0 aromatic heterocycles. The first-order valence-corrected chi connectivity index (χ1v) is 10.7. The number of rotatable bonds is 6. The van der Waals surface area contributed by atoms with E-state index in [1.165, 1.54) is 0 Å². The van der Waals surface area contributed by atoms with E-state index in [0.29, 0.717) is 45.7 Å². The van der Waals surface area contributed by atoms with Crippen molar-refractivity contribution in [3.8, 4) is 0 Å². The lowest BCUT2D eigenvalue weighted by Crippen LogP contribution is -2.46. The Labute approximate surface area is 155 Å². The monoisotopic (exact) mass is 393 g/mol. The maximum absolute atomic E-state index is 12.6. The van der Waals surface area contributed by atoms with Crippen LogP contribution in [0, 0.1) is 0 Å². The van der Waals surface area contributed by atoms with Crippen LogP contribution in [-0.2, 0) is 14.2 Å². The molecule has 1 rings (SSSR count). The van der Waals surface area contributed by atoms with Crippen LogP contribution in [0.4, 0.5) is 0 Å². The van der Waals surface area contributed by atoms with Gasteiger partial charge in [0.05, 0.1) is 19.4 Å². The highest BCUT2D eigenvalue weighted by molar-refractivity contribution is 7.59. The molecule has 152 valence electrons. The average Bonchev–Trinajstić information content (AvgIpc) is 2.46. The molecule has 0 amide bonds. The van der Waals surface area contributed by atoms with Crippen molar-refractivity contribution < 1.29 is 29.3 Å². The number of hydrogen-bond donors (Lipinski definition) is 3. The van der Waals surface area contributed by atoms with Gasteiger partial charge in [0, 0.05) is 37.9 Å². The van der Waals surface area contributed by atoms with Gasteiger partial charge in [0.1, 0.15) is 0 Å². The van der Waals surface area contributed by atoms with Gasteiger partial charge in [-0.15, -0.1) is 0 Å². The second kappa shape index (κ2) is 9.80. The van der Waals surface area contributed by atoms with Crippen LogP contribution in [0.25, 0.3) is 0 Å². The summed E-state index contributed by atoms with van der Waals surface area (Å²) in [7, 11) is -3.41. The minimum absolute atomic E-state index is 0.0519. The highest BCUT2D eigenvalue weighted by Crippen LogP contribution is 2.54. The lowest BCUT2D eigenvalue weighted by Gasteiger charge is -2.35. The van der Waals surface area contributed by atoms with Crippen molar-refractivity contribution in [3.63, 3.8) is 0 Å². The van der Waals surface area contributed by atoms with Gasteiger partial charge in [-0.3, -0.25) is 28.9 Å². The molecule has 0 aromatic rings. The van der Waals surface area contributed by atoms with Crippen LogP contribution in [0.3, 0.4) is 0 Å². The van der Waals surface area contributed by atoms with E-state index < -0.39 is 24.5 Å². The Hall–Kier alpha value is -0.990. The predicted molar refractivity (Wildman–Crippen MR) is 98.8 cm³/mol. The van der Waals surface area contributed by atoms with E-state index in [1.54, 1.807) is 30.6 Å². The molecule has 9 nitrogen and oxygen atoms in total. The van der Waals surface area contributed by atoms with Gasteiger partial charge < -0.3 is 15.1 Å². The van der Waals surface area contributed by atoms with E-state index >= 15 is 0 Å². The zero-order valence-electron chi connectivity index (χ0n) is 15.9. The molecule has 1 atom stereocenters. The minimum Gasteiger partial charge on any atom is -0.480 e. The smallest absolute Gasteiger partial charge is 0.317 e. The maximum atomic E-state index is 12.6. The lowest BCUT2D eigenvalue weighted by atomic mass is 10.3. The Bertz CT molecular complexity index is 537. The summed E-state index contributed by atoms with van der Waals surface area (Å²) in [5, 5.41) is 17.4. The Morgan fingerprint density at radius 2 is 1.23 bits per heavy atom. The third-order valence-corrected chi connectivity index (χ3v) is 7.45. The van der Waals surface area contributed by atoms with Crippen molar-refractivity contribution in [1.82, 2.24) is 14.7 Å². The summed E-state index contributed by atoms with van der Waals surface area (Å²) in [6.07, 6.45) is 0.743. The average molecular weight is 393 g/mol. The largest absolute Gasteiger partial charge is 0.480 e. The van der Waals surface area contributed by atoms with E-state index in [0.717, 1.165) is 0 Å². The first-order chi connectivity index (χ1) is 11.9. The number of carboxylic acid groups (broad SMARTS) is 2. The Morgan fingerprint density at radius 1 is 0.846 bits per heavy atom. The molecule has 0 saturated carbocycles. The topological polar surface area (TPSA) is 122 Å². The predicted octanol–water partition coefficient (Wildman–Crippen LogP) is 0.492. The Morgan fingerprint density at radius 3 is 1.65 bits per heavy atom. The molecular formula is C16H32N3O6P. The lowest BCUT2D eigenvalue weighted by molar-refractivity contribution is -0.140. The SMILES string of the molecule is CC(C)(C)P(=O)(O)CN1CCCN(CC(=O)O)CCN(CC(=O)O)CC1. The first-order valence-electron chi connectivity index (χ1n) is 8.83. The van der Waals surface area contributed by atoms with Gasteiger partial charge in [0.25, 0.3) is 0 Å². The second-order valence-corrected chi connectivity index (χ2v) is 10.9. The summed E-state index contributed by atoms with van der Waals surface area (Å²) in [4.78, 5) is 37.9. The summed E-state index contributed by atoms with van der Waals surface area (Å²) in [5.74, 6) is -1.86. The standard InChI is InChI=1S/C16H32N3O6P/c1-16(2,3)26(24,25)13-19-6-4-5-17(11-14(20)21)7-8-18(9-10-19)12-15(22)23/h4-13H2,1-3H3,(H,20,21)(H,22,23)(H,24,25). The normalized spacial score (nSPS) is 21.8. The van der Waals surface area contributed by atoms with Crippen LogP contribution in [-0.4, -0.2) is 106 Å². The van der Waals surface area contributed by atoms with Crippen LogP contribution in [0.5, 0.6) is 0 Å². The number of carboxylic acids is 2. The van der Waals surface area contributed by atoms with Gasteiger partial charge in [0.15, 0.2) is 0 Å². The molecule has 1 fully saturated rings. The van der Waals surface area contributed by atoms with Gasteiger partial charge in [0.2, 0.25) is 7.37 Å². The number of carbonyl (C=O) groups is 2. The number of aliphatic carboxylic acids is 2. The van der Waals surface area contributed by atoms with Gasteiger partial charge in [-0.05, 0) is 13.0 Å². The van der Waals surface area contributed by atoms with Gasteiger partial charge in [-0.1, -0.05) is 20.8 Å². The third-order valence-electron chi connectivity index (χ3n) is 4.57. The molecule has 1 heterocycles. The molecule has 1 aliphatic rings. The van der Waals surface area contributed by atoms with E-state index in [1.807, 2.05) is 4.90 Å². The molecule has 0 aromatic carbocycles.